The number of unbranched alkanes of at least 4 members (excludes halogenated alkanes) is 4. The third-order valence-electron chi connectivity index (χ3n) is 19.4. The Hall–Kier alpha value is -7.58. The lowest BCUT2D eigenvalue weighted by atomic mass is 9.96. The summed E-state index contributed by atoms with van der Waals surface area (Å²) in [5.41, 5.74) is 5.86. The number of carbonyl (C=O) groups is 4. The van der Waals surface area contributed by atoms with Crippen LogP contribution in [0.25, 0.3) is 22.3 Å². The maximum atomic E-state index is 13.7. The summed E-state index contributed by atoms with van der Waals surface area (Å²) in [4.78, 5) is 58.5. The zero-order valence-electron chi connectivity index (χ0n) is 63.1. The Bertz CT molecular complexity index is 3940. The van der Waals surface area contributed by atoms with E-state index in [-0.39, 0.29) is 85.4 Å². The van der Waals surface area contributed by atoms with E-state index in [0.717, 1.165) is 96.2 Å². The van der Waals surface area contributed by atoms with Crippen molar-refractivity contribution in [2.24, 2.45) is 0 Å². The first-order valence-corrected chi connectivity index (χ1v) is 42.0. The molecule has 10 rings (SSSR count). The van der Waals surface area contributed by atoms with Crippen molar-refractivity contribution in [3.63, 3.8) is 0 Å². The monoisotopic (exact) mass is 1600 g/mol. The van der Waals surface area contributed by atoms with Crippen molar-refractivity contribution in [1.82, 2.24) is 50.5 Å². The molecule has 4 aromatic carbocycles. The Balaban J connectivity index is 0.461. The minimum absolute atomic E-state index is 0.110. The average Bonchev–Trinajstić information content (AvgIpc) is 1.57. The van der Waals surface area contributed by atoms with Gasteiger partial charge in [-0.25, -0.2) is 39.8 Å². The van der Waals surface area contributed by atoms with Gasteiger partial charge in [-0.1, -0.05) is 66.0 Å². The number of urea groups is 3. The number of amides is 6. The predicted molar refractivity (Wildman–Crippen MR) is 419 cm³/mol. The number of pyridine rings is 2. The van der Waals surface area contributed by atoms with Crippen molar-refractivity contribution in [3.8, 4) is 33.8 Å². The van der Waals surface area contributed by atoms with Crippen molar-refractivity contribution in [2.75, 3.05) is 119 Å². The van der Waals surface area contributed by atoms with Gasteiger partial charge >= 0.3 is 18.1 Å². The molecule has 598 valence electrons. The number of halogens is 2. The molecular weight excluding hydrogens is 1490 g/mol. The van der Waals surface area contributed by atoms with Gasteiger partial charge in [0.1, 0.15) is 17.3 Å². The molecule has 0 bridgehead atoms. The van der Waals surface area contributed by atoms with Gasteiger partial charge in [0, 0.05) is 143 Å². The highest BCUT2D eigenvalue weighted by molar-refractivity contribution is 7.89. The second-order valence-electron chi connectivity index (χ2n) is 28.1. The quantitative estimate of drug-likeness (QED) is 0.0193. The van der Waals surface area contributed by atoms with E-state index in [1.807, 2.05) is 60.9 Å². The lowest BCUT2D eigenvalue weighted by Gasteiger charge is -2.22. The number of para-hydroxylation sites is 2. The number of ether oxygens (including phenoxy) is 8. The zero-order chi connectivity index (χ0) is 77.6. The van der Waals surface area contributed by atoms with Gasteiger partial charge in [0.2, 0.25) is 20.0 Å². The predicted octanol–water partition coefficient (Wildman–Crippen LogP) is 12.0. The SMILES string of the molecule is CN(CCCCCC(=O)CCCOCCOCCNC(=O)NCCCCNC(=O)NCCOCCOCCNC(=O)NCCCCN(C)S(=O)(=O)c1ccc(Cl)c(COC2(c3cnccc3-c3ccccc3OC3CC3)CC2)c1)S(=O)(=O)c1ccc(Cl)c(COC2(c3cnccc3-c3ccccc3OC3CC3)CC2)c1. The number of benzene rings is 4. The molecule has 6 N–H and O–H groups in total. The Morgan fingerprint density at radius 3 is 1.25 bits per heavy atom. The van der Waals surface area contributed by atoms with E-state index in [9.17, 15) is 36.0 Å². The molecular formula is C80H106Cl2N10O16S2. The minimum atomic E-state index is -3.85. The van der Waals surface area contributed by atoms with Gasteiger partial charge < -0.3 is 69.8 Å². The molecule has 0 radical (unpaired) electrons. The van der Waals surface area contributed by atoms with E-state index in [4.69, 9.17) is 61.1 Å². The molecule has 2 heterocycles. The number of carbonyl (C=O) groups excluding carboxylic acids is 4. The summed E-state index contributed by atoms with van der Waals surface area (Å²) in [6, 6.07) is 28.4. The topological polar surface area (TPSA) is 315 Å². The highest BCUT2D eigenvalue weighted by atomic mass is 35.5. The lowest BCUT2D eigenvalue weighted by molar-refractivity contribution is -0.119. The first-order chi connectivity index (χ1) is 53.3. The molecule has 4 saturated carbocycles. The summed E-state index contributed by atoms with van der Waals surface area (Å²) >= 11 is 13.3. The fourth-order valence-corrected chi connectivity index (χ4v) is 15.2. The van der Waals surface area contributed by atoms with Gasteiger partial charge in [-0.2, -0.15) is 0 Å². The van der Waals surface area contributed by atoms with E-state index in [1.165, 1.54) is 27.8 Å². The number of aromatic nitrogens is 2. The maximum absolute atomic E-state index is 13.7. The summed E-state index contributed by atoms with van der Waals surface area (Å²) in [5, 5.41) is 17.4. The van der Waals surface area contributed by atoms with Crippen molar-refractivity contribution in [3.05, 3.63) is 154 Å². The van der Waals surface area contributed by atoms with E-state index < -0.39 is 31.2 Å². The molecule has 26 nitrogen and oxygen atoms in total. The van der Waals surface area contributed by atoms with Crippen LogP contribution in [0.2, 0.25) is 10.0 Å². The van der Waals surface area contributed by atoms with Crippen LogP contribution >= 0.6 is 23.2 Å². The molecule has 0 saturated heterocycles. The van der Waals surface area contributed by atoms with Gasteiger partial charge in [-0.05, 0) is 179 Å². The average molecular weight is 1600 g/mol. The first kappa shape index (κ1) is 84.9. The highest BCUT2D eigenvalue weighted by Crippen LogP contribution is 2.55. The number of rotatable bonds is 53. The lowest BCUT2D eigenvalue weighted by Crippen LogP contribution is -2.39. The maximum Gasteiger partial charge on any atom is 0.314 e. The van der Waals surface area contributed by atoms with Crippen molar-refractivity contribution in [2.45, 2.75) is 162 Å². The first-order valence-electron chi connectivity index (χ1n) is 38.4. The van der Waals surface area contributed by atoms with Crippen LogP contribution in [0.15, 0.2) is 132 Å². The summed E-state index contributed by atoms with van der Waals surface area (Å²) in [5.74, 6) is 1.80. The number of hydrogen-bond acceptors (Lipinski definition) is 18. The molecule has 110 heavy (non-hydrogen) atoms. The molecule has 6 aromatic rings. The standard InChI is InChI=1S/C80H106Cl2N10O16S2/c1-91(109(97,98)64-25-27-72(81)59(53-64)57-105-79(31-32-79)70-55-83-38-29-66(70)68-17-5-7-19-74(68)107-62-21-22-62)43-12-3-4-15-61(93)16-14-45-101-49-50-102-46-40-88-76(94)85-35-9-10-36-86-77(95)89-41-47-103-51-52-104-48-42-90-78(96)87-37-11-13-44-92(2)110(99,100)65-26-28-73(82)60(54-65)58-106-80(33-34-80)71-56-84-39-30-67(71)69-18-6-8-20-75(69)108-63-23-24-63/h5-8,17-20,25-30,38-39,53-56,62-63H,3-4,9-16,21-24,31-37,40-52,57-58H2,1-2H3,(H2,85,88,94)(H2,86,89,95)(H2,87,90,96). The summed E-state index contributed by atoms with van der Waals surface area (Å²) in [7, 11) is -4.58. The number of ketones is 1. The molecule has 6 amide bonds. The van der Waals surface area contributed by atoms with E-state index in [1.54, 1.807) is 43.7 Å². The molecule has 4 aliphatic rings. The second kappa shape index (κ2) is 42.9. The molecule has 0 unspecified atom stereocenters. The number of hydrogen-bond donors (Lipinski definition) is 6. The summed E-state index contributed by atoms with van der Waals surface area (Å²) < 4.78 is 105. The van der Waals surface area contributed by atoms with Crippen LogP contribution in [-0.2, 0) is 77.7 Å². The number of Topliss-reactive ketones (excluding diaryl/α,β-unsaturated/α-hetero) is 1. The highest BCUT2D eigenvalue weighted by Gasteiger charge is 2.49. The summed E-state index contributed by atoms with van der Waals surface area (Å²) in [6.07, 6.45) is 20.8. The Morgan fingerprint density at radius 2 is 0.827 bits per heavy atom. The van der Waals surface area contributed by atoms with Crippen molar-refractivity contribution >= 4 is 67.1 Å². The Morgan fingerprint density at radius 1 is 0.445 bits per heavy atom. The molecule has 2 aromatic heterocycles. The number of sulfonamides is 2. The van der Waals surface area contributed by atoms with E-state index in [2.05, 4.69) is 54.0 Å². The molecule has 4 aliphatic carbocycles. The van der Waals surface area contributed by atoms with Crippen LogP contribution in [0.5, 0.6) is 11.5 Å². The Kier molecular flexibility index (Phi) is 33.1. The van der Waals surface area contributed by atoms with Gasteiger partial charge in [-0.3, -0.25) is 14.8 Å². The Labute approximate surface area is 656 Å². The second-order valence-corrected chi connectivity index (χ2v) is 33.0. The third-order valence-corrected chi connectivity index (χ3v) is 23.8. The fraction of sp³-hybridized carbons (Fsp3) is 0.525. The van der Waals surface area contributed by atoms with Crippen LogP contribution in [-0.4, -0.2) is 191 Å². The van der Waals surface area contributed by atoms with Gasteiger partial charge in [-0.15, -0.1) is 0 Å². The van der Waals surface area contributed by atoms with Crippen LogP contribution in [0.4, 0.5) is 14.4 Å². The third kappa shape index (κ3) is 26.5. The van der Waals surface area contributed by atoms with E-state index in [0.29, 0.717) is 164 Å². The summed E-state index contributed by atoms with van der Waals surface area (Å²) in [6.45, 7) is 5.44. The molecule has 0 aliphatic heterocycles. The van der Waals surface area contributed by atoms with Crippen LogP contribution in [0, 0.1) is 0 Å². The number of nitrogens with zero attached hydrogens (tertiary/aromatic N) is 4. The van der Waals surface area contributed by atoms with Gasteiger partial charge in [0.25, 0.3) is 0 Å². The number of nitrogens with one attached hydrogen (secondary N) is 6. The zero-order valence-corrected chi connectivity index (χ0v) is 66.2. The van der Waals surface area contributed by atoms with Gasteiger partial charge in [0.05, 0.1) is 92.7 Å². The van der Waals surface area contributed by atoms with Gasteiger partial charge in [0.15, 0.2) is 0 Å². The molecule has 0 spiro atoms. The van der Waals surface area contributed by atoms with Crippen LogP contribution < -0.4 is 41.4 Å². The largest absolute Gasteiger partial charge is 0.490 e. The van der Waals surface area contributed by atoms with Crippen molar-refractivity contribution in [1.29, 1.82) is 0 Å². The smallest absolute Gasteiger partial charge is 0.314 e. The van der Waals surface area contributed by atoms with Crippen LogP contribution in [0.3, 0.4) is 0 Å². The fourth-order valence-electron chi connectivity index (χ4n) is 12.4. The van der Waals surface area contributed by atoms with Crippen molar-refractivity contribution < 1.29 is 73.9 Å². The minimum Gasteiger partial charge on any atom is -0.490 e. The molecule has 4 fully saturated rings. The van der Waals surface area contributed by atoms with Crippen LogP contribution in [0.1, 0.15) is 138 Å². The van der Waals surface area contributed by atoms with E-state index >= 15 is 0 Å². The molecule has 30 heteroatoms. The normalized spacial score (nSPS) is 14.9. The molecule has 0 atom stereocenters.